The van der Waals surface area contributed by atoms with Gasteiger partial charge in [-0.15, -0.1) is 0 Å². The van der Waals surface area contributed by atoms with Gasteiger partial charge in [0.25, 0.3) is 0 Å². The van der Waals surface area contributed by atoms with Crippen molar-refractivity contribution in [3.63, 3.8) is 0 Å². The topological polar surface area (TPSA) is 33.7 Å². The first-order valence-corrected chi connectivity index (χ1v) is 6.96. The van der Waals surface area contributed by atoms with Crippen LogP contribution in [0.15, 0.2) is 0 Å². The first-order valence-electron chi connectivity index (χ1n) is 6.55. The second kappa shape index (κ2) is 6.52. The van der Waals surface area contributed by atoms with Gasteiger partial charge in [0.15, 0.2) is 5.11 Å². The number of nitrogens with zero attached hydrogens (tertiary/aromatic N) is 1. The molecule has 5 heteroatoms. The first-order chi connectivity index (χ1) is 8.29. The molecule has 2 aliphatic heterocycles. The Labute approximate surface area is 109 Å². The number of morpholine rings is 1. The minimum Gasteiger partial charge on any atom is -0.382 e. The third-order valence-electron chi connectivity index (χ3n) is 3.28. The van der Waals surface area contributed by atoms with Crippen LogP contribution in [0, 0.1) is 0 Å². The Kier molecular flexibility index (Phi) is 5.00. The van der Waals surface area contributed by atoms with Gasteiger partial charge in [0.05, 0.1) is 12.2 Å². The van der Waals surface area contributed by atoms with Crippen LogP contribution in [0.25, 0.3) is 0 Å². The molecular weight excluding hydrogens is 236 g/mol. The van der Waals surface area contributed by atoms with E-state index in [1.165, 1.54) is 12.8 Å². The average Bonchev–Trinajstić information content (AvgIpc) is 2.67. The highest BCUT2D eigenvalue weighted by molar-refractivity contribution is 7.80. The maximum Gasteiger partial charge on any atom is 0.169 e. The van der Waals surface area contributed by atoms with E-state index >= 15 is 0 Å². The van der Waals surface area contributed by atoms with Crippen molar-refractivity contribution in [2.75, 3.05) is 32.8 Å². The zero-order valence-corrected chi connectivity index (χ0v) is 11.3. The van der Waals surface area contributed by atoms with Crippen molar-refractivity contribution < 1.29 is 9.47 Å². The summed E-state index contributed by atoms with van der Waals surface area (Å²) in [6, 6.07) is 0. The minimum atomic E-state index is 0.400. The Bertz CT molecular complexity index is 251. The van der Waals surface area contributed by atoms with Gasteiger partial charge in [0.1, 0.15) is 0 Å². The van der Waals surface area contributed by atoms with Gasteiger partial charge >= 0.3 is 0 Å². The van der Waals surface area contributed by atoms with Crippen LogP contribution in [-0.4, -0.2) is 55.1 Å². The zero-order valence-electron chi connectivity index (χ0n) is 10.5. The van der Waals surface area contributed by atoms with Crippen LogP contribution in [0.1, 0.15) is 26.2 Å². The number of fused-ring (bicyclic) bond motifs is 2. The highest BCUT2D eigenvalue weighted by Gasteiger charge is 2.34. The third kappa shape index (κ3) is 3.79. The van der Waals surface area contributed by atoms with E-state index in [2.05, 4.69) is 10.2 Å². The summed E-state index contributed by atoms with van der Waals surface area (Å²) in [6.07, 6.45) is 4.18. The van der Waals surface area contributed by atoms with Crippen molar-refractivity contribution in [2.24, 2.45) is 0 Å². The average molecular weight is 258 g/mol. The number of likely N-dealkylation sites (tertiary alicyclic amines) is 1. The summed E-state index contributed by atoms with van der Waals surface area (Å²) in [5.41, 5.74) is 0. The number of hydrogen-bond acceptors (Lipinski definition) is 3. The molecule has 0 aromatic carbocycles. The quantitative estimate of drug-likeness (QED) is 0.591. The smallest absolute Gasteiger partial charge is 0.169 e. The summed E-state index contributed by atoms with van der Waals surface area (Å²) in [5.74, 6) is 0. The fourth-order valence-corrected chi connectivity index (χ4v) is 2.66. The first kappa shape index (κ1) is 13.1. The Hall–Kier alpha value is -0.390. The predicted molar refractivity (Wildman–Crippen MR) is 71.2 cm³/mol. The lowest BCUT2D eigenvalue weighted by Gasteiger charge is -2.34. The standard InChI is InChI=1S/C12H22N2O2S/c1-2-15-7-3-6-13-12(17)14-8-10-4-5-11(9-14)16-10/h10-11H,2-9H2,1H3,(H,13,17). The van der Waals surface area contributed by atoms with Crippen molar-refractivity contribution in [3.8, 4) is 0 Å². The number of hydrogen-bond donors (Lipinski definition) is 1. The maximum atomic E-state index is 5.79. The van der Waals surface area contributed by atoms with Crippen LogP contribution in [0.2, 0.25) is 0 Å². The molecule has 2 saturated heterocycles. The molecular formula is C12H22N2O2S. The summed E-state index contributed by atoms with van der Waals surface area (Å²) < 4.78 is 11.1. The Morgan fingerprint density at radius 3 is 2.76 bits per heavy atom. The lowest BCUT2D eigenvalue weighted by atomic mass is 10.2. The fraction of sp³-hybridized carbons (Fsp3) is 0.917. The molecule has 4 nitrogen and oxygen atoms in total. The normalized spacial score (nSPS) is 27.2. The van der Waals surface area contributed by atoms with E-state index in [0.717, 1.165) is 44.4 Å². The van der Waals surface area contributed by atoms with Crippen molar-refractivity contribution in [3.05, 3.63) is 0 Å². The molecule has 2 atom stereocenters. The number of nitrogens with one attached hydrogen (secondary N) is 1. The van der Waals surface area contributed by atoms with E-state index in [-0.39, 0.29) is 0 Å². The molecule has 17 heavy (non-hydrogen) atoms. The zero-order chi connectivity index (χ0) is 12.1. The van der Waals surface area contributed by atoms with Crippen molar-refractivity contribution in [2.45, 2.75) is 38.4 Å². The molecule has 0 aliphatic carbocycles. The van der Waals surface area contributed by atoms with Gasteiger partial charge in [-0.1, -0.05) is 0 Å². The van der Waals surface area contributed by atoms with Gasteiger partial charge in [-0.25, -0.2) is 0 Å². The van der Waals surface area contributed by atoms with Crippen molar-refractivity contribution in [1.82, 2.24) is 10.2 Å². The minimum absolute atomic E-state index is 0.400. The van der Waals surface area contributed by atoms with Gasteiger partial charge in [-0.3, -0.25) is 0 Å². The molecule has 98 valence electrons. The van der Waals surface area contributed by atoms with Crippen molar-refractivity contribution >= 4 is 17.3 Å². The second-order valence-corrected chi connectivity index (χ2v) is 5.03. The molecule has 0 aromatic rings. The molecule has 0 saturated carbocycles. The summed E-state index contributed by atoms with van der Waals surface area (Å²) in [4.78, 5) is 2.25. The lowest BCUT2D eigenvalue weighted by molar-refractivity contribution is -0.0159. The molecule has 0 radical (unpaired) electrons. The molecule has 2 fully saturated rings. The van der Waals surface area contributed by atoms with Crippen LogP contribution >= 0.6 is 12.2 Å². The third-order valence-corrected chi connectivity index (χ3v) is 3.68. The van der Waals surface area contributed by atoms with Gasteiger partial charge < -0.3 is 19.7 Å². The highest BCUT2D eigenvalue weighted by atomic mass is 32.1. The van der Waals surface area contributed by atoms with Crippen LogP contribution in [-0.2, 0) is 9.47 Å². The van der Waals surface area contributed by atoms with E-state index in [4.69, 9.17) is 21.7 Å². The fourth-order valence-electron chi connectivity index (χ4n) is 2.41. The molecule has 2 aliphatic rings. The van der Waals surface area contributed by atoms with Crippen LogP contribution < -0.4 is 5.32 Å². The Morgan fingerprint density at radius 2 is 2.12 bits per heavy atom. The maximum absolute atomic E-state index is 5.79. The lowest BCUT2D eigenvalue weighted by Crippen LogP contribution is -2.49. The van der Waals surface area contributed by atoms with Gasteiger partial charge in [-0.05, 0) is 38.4 Å². The van der Waals surface area contributed by atoms with Gasteiger partial charge in [-0.2, -0.15) is 0 Å². The Balaban J connectivity index is 1.63. The highest BCUT2D eigenvalue weighted by Crippen LogP contribution is 2.26. The number of rotatable bonds is 5. The summed E-state index contributed by atoms with van der Waals surface area (Å²) in [6.45, 7) is 6.41. The van der Waals surface area contributed by atoms with Gasteiger partial charge in [0.2, 0.25) is 0 Å². The predicted octanol–water partition coefficient (Wildman–Crippen LogP) is 1.15. The SMILES string of the molecule is CCOCCCNC(=S)N1CC2CCC(C1)O2. The molecule has 2 bridgehead atoms. The molecule has 1 N–H and O–H groups in total. The molecule has 0 spiro atoms. The summed E-state index contributed by atoms with van der Waals surface area (Å²) in [7, 11) is 0. The number of thiocarbonyl (C=S) groups is 1. The van der Waals surface area contributed by atoms with Crippen molar-refractivity contribution in [1.29, 1.82) is 0 Å². The summed E-state index contributed by atoms with van der Waals surface area (Å²) in [5, 5.41) is 4.18. The van der Waals surface area contributed by atoms with Crippen LogP contribution in [0.4, 0.5) is 0 Å². The largest absolute Gasteiger partial charge is 0.382 e. The molecule has 0 amide bonds. The van der Waals surface area contributed by atoms with E-state index in [0.29, 0.717) is 12.2 Å². The summed E-state index contributed by atoms with van der Waals surface area (Å²) >= 11 is 5.40. The molecule has 0 aromatic heterocycles. The van der Waals surface area contributed by atoms with E-state index in [1.807, 2.05) is 6.92 Å². The monoisotopic (exact) mass is 258 g/mol. The Morgan fingerprint density at radius 1 is 1.41 bits per heavy atom. The van der Waals surface area contributed by atoms with E-state index in [1.54, 1.807) is 0 Å². The van der Waals surface area contributed by atoms with Crippen LogP contribution in [0.3, 0.4) is 0 Å². The number of ether oxygens (including phenoxy) is 2. The van der Waals surface area contributed by atoms with Crippen LogP contribution in [0.5, 0.6) is 0 Å². The molecule has 2 heterocycles. The second-order valence-electron chi connectivity index (χ2n) is 4.64. The molecule has 2 unspecified atom stereocenters. The van der Waals surface area contributed by atoms with E-state index < -0.39 is 0 Å². The van der Waals surface area contributed by atoms with E-state index in [9.17, 15) is 0 Å². The molecule has 2 rings (SSSR count). The van der Waals surface area contributed by atoms with Gasteiger partial charge in [0, 0.05) is 32.8 Å².